The number of methoxy groups -OCH3 is 1. The van der Waals surface area contributed by atoms with Gasteiger partial charge >= 0.3 is 0 Å². The molecule has 1 aromatic heterocycles. The highest BCUT2D eigenvalue weighted by molar-refractivity contribution is 5.03. The first-order valence-electron chi connectivity index (χ1n) is 6.16. The average molecular weight is 237 g/mol. The monoisotopic (exact) mass is 237 g/mol. The van der Waals surface area contributed by atoms with Gasteiger partial charge in [0.1, 0.15) is 0 Å². The molecule has 0 bridgehead atoms. The molecule has 1 atom stereocenters. The van der Waals surface area contributed by atoms with Gasteiger partial charge in [-0.1, -0.05) is 6.07 Å². The van der Waals surface area contributed by atoms with E-state index in [1.807, 2.05) is 32.0 Å². The summed E-state index contributed by atoms with van der Waals surface area (Å²) in [5, 5.41) is 9.89. The highest BCUT2D eigenvalue weighted by Crippen LogP contribution is 2.18. The molecule has 0 aliphatic carbocycles. The van der Waals surface area contributed by atoms with Gasteiger partial charge in [-0.05, 0) is 51.7 Å². The van der Waals surface area contributed by atoms with E-state index in [0.717, 1.165) is 31.4 Å². The number of hydrogen-bond donors (Lipinski definition) is 1. The van der Waals surface area contributed by atoms with Crippen LogP contribution in [0.2, 0.25) is 0 Å². The molecule has 0 radical (unpaired) electrons. The maximum absolute atomic E-state index is 9.89. The predicted molar refractivity (Wildman–Crippen MR) is 68.9 cm³/mol. The van der Waals surface area contributed by atoms with Gasteiger partial charge in [0.05, 0.1) is 11.7 Å². The Bertz CT molecular complexity index is 311. The van der Waals surface area contributed by atoms with Crippen molar-refractivity contribution in [2.45, 2.75) is 51.2 Å². The van der Waals surface area contributed by atoms with Gasteiger partial charge in [-0.15, -0.1) is 0 Å². The summed E-state index contributed by atoms with van der Waals surface area (Å²) in [7, 11) is 1.71. The Morgan fingerprint density at radius 2 is 2.12 bits per heavy atom. The lowest BCUT2D eigenvalue weighted by Crippen LogP contribution is -2.24. The van der Waals surface area contributed by atoms with Gasteiger partial charge < -0.3 is 9.84 Å². The first-order valence-corrected chi connectivity index (χ1v) is 6.16. The number of nitrogens with zero attached hydrogens (tertiary/aromatic N) is 1. The van der Waals surface area contributed by atoms with Crippen molar-refractivity contribution in [3.8, 4) is 0 Å². The molecule has 0 saturated heterocycles. The SMILES string of the molecule is COC(C)(C)CCC(O)CCc1ccccn1. The van der Waals surface area contributed by atoms with E-state index in [1.54, 1.807) is 13.3 Å². The van der Waals surface area contributed by atoms with Crippen molar-refractivity contribution >= 4 is 0 Å². The van der Waals surface area contributed by atoms with E-state index in [9.17, 15) is 5.11 Å². The molecule has 3 heteroatoms. The fourth-order valence-corrected chi connectivity index (χ4v) is 1.62. The first kappa shape index (κ1) is 14.1. The molecule has 96 valence electrons. The number of pyridine rings is 1. The molecule has 1 rings (SSSR count). The van der Waals surface area contributed by atoms with Gasteiger partial charge in [0, 0.05) is 19.0 Å². The topological polar surface area (TPSA) is 42.4 Å². The van der Waals surface area contributed by atoms with Gasteiger partial charge in [0.15, 0.2) is 0 Å². The van der Waals surface area contributed by atoms with E-state index >= 15 is 0 Å². The Labute approximate surface area is 104 Å². The average Bonchev–Trinajstić information content (AvgIpc) is 2.35. The molecule has 0 aromatic carbocycles. The van der Waals surface area contributed by atoms with Crippen LogP contribution in [0.3, 0.4) is 0 Å². The molecule has 0 spiro atoms. The van der Waals surface area contributed by atoms with Crippen molar-refractivity contribution in [1.82, 2.24) is 4.98 Å². The number of rotatable bonds is 7. The molecule has 1 heterocycles. The molecule has 0 saturated carbocycles. The lowest BCUT2D eigenvalue weighted by atomic mass is 9.98. The van der Waals surface area contributed by atoms with Gasteiger partial charge in [-0.25, -0.2) is 0 Å². The number of ether oxygens (including phenoxy) is 1. The minimum atomic E-state index is -0.272. The van der Waals surface area contributed by atoms with Gasteiger partial charge in [-0.2, -0.15) is 0 Å². The minimum absolute atomic E-state index is 0.147. The van der Waals surface area contributed by atoms with Crippen LogP contribution < -0.4 is 0 Å². The van der Waals surface area contributed by atoms with Crippen LogP contribution in [0.15, 0.2) is 24.4 Å². The summed E-state index contributed by atoms with van der Waals surface area (Å²) in [6, 6.07) is 5.87. The van der Waals surface area contributed by atoms with Crippen LogP contribution in [0.4, 0.5) is 0 Å². The minimum Gasteiger partial charge on any atom is -0.393 e. The standard InChI is InChI=1S/C14H23NO2/c1-14(2,17-3)10-9-13(16)8-7-12-6-4-5-11-15-12/h4-6,11,13,16H,7-10H2,1-3H3. The second-order valence-electron chi connectivity index (χ2n) is 5.02. The number of aliphatic hydroxyl groups excluding tert-OH is 1. The van der Waals surface area contributed by atoms with Crippen LogP contribution in [0, 0.1) is 0 Å². The maximum Gasteiger partial charge on any atom is 0.0623 e. The second kappa shape index (κ2) is 6.72. The van der Waals surface area contributed by atoms with Crippen LogP contribution in [0.25, 0.3) is 0 Å². The molecule has 1 unspecified atom stereocenters. The Kier molecular flexibility index (Phi) is 5.59. The molecule has 3 nitrogen and oxygen atoms in total. The molecule has 1 N–H and O–H groups in total. The van der Waals surface area contributed by atoms with E-state index in [0.29, 0.717) is 0 Å². The lowest BCUT2D eigenvalue weighted by Gasteiger charge is -2.24. The zero-order chi connectivity index (χ0) is 12.7. The van der Waals surface area contributed by atoms with Crippen molar-refractivity contribution < 1.29 is 9.84 Å². The van der Waals surface area contributed by atoms with Gasteiger partial charge in [0.2, 0.25) is 0 Å². The summed E-state index contributed by atoms with van der Waals surface area (Å²) in [6.45, 7) is 4.08. The number of aryl methyl sites for hydroxylation is 1. The molecule has 0 aliphatic heterocycles. The lowest BCUT2D eigenvalue weighted by molar-refractivity contribution is 0.00229. The molecule has 0 fully saturated rings. The smallest absolute Gasteiger partial charge is 0.0623 e. The van der Waals surface area contributed by atoms with Crippen LogP contribution in [0.5, 0.6) is 0 Å². The first-order chi connectivity index (χ1) is 8.03. The van der Waals surface area contributed by atoms with E-state index in [-0.39, 0.29) is 11.7 Å². The summed E-state index contributed by atoms with van der Waals surface area (Å²) < 4.78 is 5.33. The maximum atomic E-state index is 9.89. The van der Waals surface area contributed by atoms with Crippen LogP contribution in [0.1, 0.15) is 38.8 Å². The highest BCUT2D eigenvalue weighted by atomic mass is 16.5. The summed E-state index contributed by atoms with van der Waals surface area (Å²) in [5.74, 6) is 0. The third kappa shape index (κ3) is 5.80. The Balaban J connectivity index is 2.24. The molecule has 0 amide bonds. The van der Waals surface area contributed by atoms with E-state index in [2.05, 4.69) is 4.98 Å². The van der Waals surface area contributed by atoms with Crippen molar-refractivity contribution in [3.63, 3.8) is 0 Å². The zero-order valence-corrected chi connectivity index (χ0v) is 11.0. The molecule has 0 aliphatic rings. The van der Waals surface area contributed by atoms with Crippen molar-refractivity contribution in [2.24, 2.45) is 0 Å². The van der Waals surface area contributed by atoms with E-state index in [1.165, 1.54) is 0 Å². The van der Waals surface area contributed by atoms with Crippen molar-refractivity contribution in [3.05, 3.63) is 30.1 Å². The number of hydrogen-bond acceptors (Lipinski definition) is 3. The molecule has 17 heavy (non-hydrogen) atoms. The Morgan fingerprint density at radius 3 is 2.71 bits per heavy atom. The Morgan fingerprint density at radius 1 is 1.35 bits per heavy atom. The summed E-state index contributed by atoms with van der Waals surface area (Å²) in [5.41, 5.74) is 0.893. The third-order valence-electron chi connectivity index (χ3n) is 3.09. The van der Waals surface area contributed by atoms with Crippen molar-refractivity contribution in [2.75, 3.05) is 7.11 Å². The zero-order valence-electron chi connectivity index (χ0n) is 11.0. The fraction of sp³-hybridized carbons (Fsp3) is 0.643. The number of aliphatic hydroxyl groups is 1. The van der Waals surface area contributed by atoms with Crippen LogP contribution in [-0.4, -0.2) is 28.9 Å². The summed E-state index contributed by atoms with van der Waals surface area (Å²) in [6.07, 6.45) is 4.74. The predicted octanol–water partition coefficient (Wildman–Crippen LogP) is 2.58. The molecular weight excluding hydrogens is 214 g/mol. The normalized spacial score (nSPS) is 13.6. The van der Waals surface area contributed by atoms with E-state index < -0.39 is 0 Å². The molecular formula is C14H23NO2. The second-order valence-corrected chi connectivity index (χ2v) is 5.02. The largest absolute Gasteiger partial charge is 0.393 e. The van der Waals surface area contributed by atoms with Crippen LogP contribution >= 0.6 is 0 Å². The number of aromatic nitrogens is 1. The molecule has 1 aromatic rings. The summed E-state index contributed by atoms with van der Waals surface area (Å²) in [4.78, 5) is 4.24. The summed E-state index contributed by atoms with van der Waals surface area (Å²) >= 11 is 0. The quantitative estimate of drug-likeness (QED) is 0.792. The Hall–Kier alpha value is -0.930. The van der Waals surface area contributed by atoms with Crippen molar-refractivity contribution in [1.29, 1.82) is 0 Å². The highest BCUT2D eigenvalue weighted by Gasteiger charge is 2.18. The van der Waals surface area contributed by atoms with Gasteiger partial charge in [0.25, 0.3) is 0 Å². The fourth-order valence-electron chi connectivity index (χ4n) is 1.62. The van der Waals surface area contributed by atoms with E-state index in [4.69, 9.17) is 4.74 Å². The third-order valence-corrected chi connectivity index (χ3v) is 3.09. The van der Waals surface area contributed by atoms with Crippen LogP contribution in [-0.2, 0) is 11.2 Å². The van der Waals surface area contributed by atoms with Gasteiger partial charge in [-0.3, -0.25) is 4.98 Å².